The maximum absolute atomic E-state index is 8.70. The summed E-state index contributed by atoms with van der Waals surface area (Å²) in [6, 6.07) is 0. The van der Waals surface area contributed by atoms with Crippen molar-refractivity contribution in [3.05, 3.63) is 0 Å². The molecule has 0 rings (SSSR count). The molecule has 2 N–H and O–H groups in total. The fourth-order valence-corrected chi connectivity index (χ4v) is 0. The van der Waals surface area contributed by atoms with E-state index in [0.717, 1.165) is 0 Å². The Hall–Kier alpha value is 1.06. The van der Waals surface area contributed by atoms with E-state index in [9.17, 15) is 0 Å². The predicted molar refractivity (Wildman–Crippen MR) is 12.0 cm³/mol. The smallest absolute Gasteiger partial charge is 0.134 e. The van der Waals surface area contributed by atoms with Gasteiger partial charge < -0.3 is 0 Å². The third kappa shape index (κ3) is 74.3. The van der Waals surface area contributed by atoms with Crippen LogP contribution in [0.25, 0.3) is 0 Å². The summed E-state index contributed by atoms with van der Waals surface area (Å²) in [6.45, 7) is 0. The zero-order valence-electron chi connectivity index (χ0n) is 2.46. The molecule has 0 aromatic carbocycles. The van der Waals surface area contributed by atoms with Crippen LogP contribution in [0.1, 0.15) is 0 Å². The molecule has 0 atom stereocenters. The van der Waals surface area contributed by atoms with Gasteiger partial charge in [0.25, 0.3) is 0 Å². The SMILES string of the molecule is O=[P+](O)O.[Fe].[Fe]. The van der Waals surface area contributed by atoms with Crippen LogP contribution in [0.2, 0.25) is 0 Å². The van der Waals surface area contributed by atoms with Gasteiger partial charge in [0, 0.05) is 38.7 Å². The number of hydrogen-bond acceptors (Lipinski definition) is 1. The van der Waals surface area contributed by atoms with E-state index >= 15 is 0 Å². The van der Waals surface area contributed by atoms with Crippen molar-refractivity contribution in [2.24, 2.45) is 0 Å². The maximum atomic E-state index is 8.70. The van der Waals surface area contributed by atoms with E-state index in [1.54, 1.807) is 0 Å². The van der Waals surface area contributed by atoms with E-state index < -0.39 is 8.25 Å². The monoisotopic (exact) mass is 193 g/mol. The van der Waals surface area contributed by atoms with Crippen molar-refractivity contribution in [2.75, 3.05) is 0 Å². The summed E-state index contributed by atoms with van der Waals surface area (Å²) < 4.78 is 8.70. The van der Waals surface area contributed by atoms with Gasteiger partial charge in [-0.3, -0.25) is 0 Å². The second-order valence-corrected chi connectivity index (χ2v) is 0.758. The van der Waals surface area contributed by atoms with Crippen molar-refractivity contribution in [2.45, 2.75) is 0 Å². The Labute approximate surface area is 57.0 Å². The summed E-state index contributed by atoms with van der Waals surface area (Å²) >= 11 is 0. The van der Waals surface area contributed by atoms with Crippen molar-refractivity contribution >= 4 is 8.25 Å². The van der Waals surface area contributed by atoms with Gasteiger partial charge in [0.1, 0.15) is 0 Å². The average molecular weight is 193 g/mol. The third-order valence-electron chi connectivity index (χ3n) is 0. The summed E-state index contributed by atoms with van der Waals surface area (Å²) in [7, 11) is -2.87. The van der Waals surface area contributed by atoms with E-state index in [2.05, 4.69) is 0 Å². The second kappa shape index (κ2) is 9.41. The van der Waals surface area contributed by atoms with E-state index in [1.165, 1.54) is 0 Å². The Morgan fingerprint density at radius 2 is 1.17 bits per heavy atom. The van der Waals surface area contributed by atoms with Crippen LogP contribution in [0, 0.1) is 0 Å². The quantitative estimate of drug-likeness (QED) is 0.407. The van der Waals surface area contributed by atoms with E-state index in [1.807, 2.05) is 0 Å². The summed E-state index contributed by atoms with van der Waals surface area (Å²) in [5.74, 6) is 0. The molecule has 0 aliphatic heterocycles. The van der Waals surface area contributed by atoms with Gasteiger partial charge in [-0.15, -0.1) is 9.79 Å². The minimum atomic E-state index is -2.87. The van der Waals surface area contributed by atoms with E-state index in [-0.39, 0.29) is 34.1 Å². The molecule has 0 aliphatic rings. The Bertz CT molecular complexity index is 31.8. The second-order valence-electron chi connectivity index (χ2n) is 0.253. The van der Waals surface area contributed by atoms with Gasteiger partial charge in [-0.05, 0) is 0 Å². The van der Waals surface area contributed by atoms with E-state index in [4.69, 9.17) is 14.4 Å². The topological polar surface area (TPSA) is 57.5 Å². The van der Waals surface area contributed by atoms with Gasteiger partial charge in [0.2, 0.25) is 0 Å². The predicted octanol–water partition coefficient (Wildman–Crippen LogP) is -0.377. The van der Waals surface area contributed by atoms with Crippen molar-refractivity contribution in [1.82, 2.24) is 0 Å². The molecule has 0 radical (unpaired) electrons. The van der Waals surface area contributed by atoms with Crippen molar-refractivity contribution in [3.8, 4) is 0 Å². The molecule has 0 bridgehead atoms. The normalized spacial score (nSPS) is 4.33. The van der Waals surface area contributed by atoms with Crippen LogP contribution in [-0.2, 0) is 38.7 Å². The molecule has 6 heteroatoms. The first-order valence-electron chi connectivity index (χ1n) is 0.583. The van der Waals surface area contributed by atoms with Crippen LogP contribution in [0.5, 0.6) is 0 Å². The minimum absolute atomic E-state index is 0. The zero-order chi connectivity index (χ0) is 3.58. The van der Waals surface area contributed by atoms with Crippen molar-refractivity contribution in [3.63, 3.8) is 0 Å². The van der Waals surface area contributed by atoms with Crippen LogP contribution in [0.4, 0.5) is 0 Å². The first-order valence-corrected chi connectivity index (χ1v) is 1.75. The number of hydrogen-bond donors (Lipinski definition) is 2. The Balaban J connectivity index is -0.0000000450. The molecule has 0 unspecified atom stereocenters. The Kier molecular flexibility index (Phi) is 24.7. The minimum Gasteiger partial charge on any atom is -0.134 e. The molecular formula is H2Fe2O3P+. The van der Waals surface area contributed by atoms with Gasteiger partial charge in [-0.1, -0.05) is 0 Å². The van der Waals surface area contributed by atoms with Gasteiger partial charge in [0.05, 0.1) is 0 Å². The van der Waals surface area contributed by atoms with Gasteiger partial charge in [0.15, 0.2) is 0 Å². The largest absolute Gasteiger partial charge is 0.692 e. The molecule has 40 valence electrons. The molecule has 0 saturated carbocycles. The average Bonchev–Trinajstić information content (AvgIpc) is 0.811. The summed E-state index contributed by atoms with van der Waals surface area (Å²) in [6.07, 6.45) is 0. The summed E-state index contributed by atoms with van der Waals surface area (Å²) in [4.78, 5) is 14.2. The summed E-state index contributed by atoms with van der Waals surface area (Å²) in [5.41, 5.74) is 0. The molecular weight excluding hydrogens is 191 g/mol. The first-order chi connectivity index (χ1) is 1.73. The first kappa shape index (κ1) is 15.7. The molecule has 0 saturated heterocycles. The van der Waals surface area contributed by atoms with E-state index in [0.29, 0.717) is 0 Å². The molecule has 0 spiro atoms. The molecule has 3 nitrogen and oxygen atoms in total. The fourth-order valence-electron chi connectivity index (χ4n) is 0. The zero-order valence-corrected chi connectivity index (χ0v) is 5.56. The van der Waals surface area contributed by atoms with Crippen LogP contribution in [-0.4, -0.2) is 9.79 Å². The van der Waals surface area contributed by atoms with Crippen molar-refractivity contribution in [1.29, 1.82) is 0 Å². The molecule has 0 amide bonds. The maximum Gasteiger partial charge on any atom is 0.692 e. The molecule has 0 aliphatic carbocycles. The Morgan fingerprint density at radius 3 is 1.17 bits per heavy atom. The van der Waals surface area contributed by atoms with Crippen LogP contribution in [0.3, 0.4) is 0 Å². The summed E-state index contributed by atoms with van der Waals surface area (Å²) in [5, 5.41) is 0. The van der Waals surface area contributed by atoms with Gasteiger partial charge in [-0.2, -0.15) is 0 Å². The molecule has 0 fully saturated rings. The van der Waals surface area contributed by atoms with Crippen LogP contribution >= 0.6 is 8.25 Å². The van der Waals surface area contributed by atoms with Gasteiger partial charge >= 0.3 is 8.25 Å². The Morgan fingerprint density at radius 1 is 1.17 bits per heavy atom. The van der Waals surface area contributed by atoms with Crippen LogP contribution in [0.15, 0.2) is 0 Å². The molecule has 0 heterocycles. The molecule has 6 heavy (non-hydrogen) atoms. The number of rotatable bonds is 0. The van der Waals surface area contributed by atoms with Crippen molar-refractivity contribution < 1.29 is 48.5 Å². The van der Waals surface area contributed by atoms with Gasteiger partial charge in [-0.25, -0.2) is 0 Å². The fraction of sp³-hybridized carbons (Fsp3) is 0. The standard InChI is InChI=1S/2Fe.HO3P/c;;1-4(2)3/h;;(H-,1,2,3)/p+1. The van der Waals surface area contributed by atoms with Crippen LogP contribution < -0.4 is 0 Å². The molecule has 0 aromatic rings. The third-order valence-corrected chi connectivity index (χ3v) is 0. The molecule has 0 aromatic heterocycles.